The summed E-state index contributed by atoms with van der Waals surface area (Å²) in [5.41, 5.74) is 4.30. The first-order valence-electron chi connectivity index (χ1n) is 11.8. The molecule has 2 saturated carbocycles. The van der Waals surface area contributed by atoms with Gasteiger partial charge in [0, 0.05) is 29.2 Å². The molecule has 3 aliphatic rings. The summed E-state index contributed by atoms with van der Waals surface area (Å²) in [5.74, 6) is 0.428. The van der Waals surface area contributed by atoms with Crippen molar-refractivity contribution in [1.29, 1.82) is 0 Å². The van der Waals surface area contributed by atoms with Crippen LogP contribution in [-0.4, -0.2) is 37.5 Å². The molecule has 10 heteroatoms. The molecule has 2 fully saturated rings. The highest BCUT2D eigenvalue weighted by molar-refractivity contribution is 7.12. The van der Waals surface area contributed by atoms with Gasteiger partial charge in [0.25, 0.3) is 5.56 Å². The molecule has 0 radical (unpaired) electrons. The third-order valence-corrected chi connectivity index (χ3v) is 8.01. The smallest absolute Gasteiger partial charge is 0.278 e. The first kappa shape index (κ1) is 20.3. The Bertz CT molecular complexity index is 1480. The van der Waals surface area contributed by atoms with Crippen LogP contribution in [0.1, 0.15) is 48.5 Å². The molecule has 0 saturated heterocycles. The van der Waals surface area contributed by atoms with Gasteiger partial charge < -0.3 is 10.6 Å². The van der Waals surface area contributed by atoms with Gasteiger partial charge in [-0.2, -0.15) is 4.98 Å². The topological polar surface area (TPSA) is 89.7 Å². The molecule has 0 unspecified atom stereocenters. The summed E-state index contributed by atoms with van der Waals surface area (Å²) in [7, 11) is 0. The lowest BCUT2D eigenvalue weighted by Crippen LogP contribution is -2.23. The zero-order valence-electron chi connectivity index (χ0n) is 18.6. The number of aromatic nitrogens is 5. The van der Waals surface area contributed by atoms with Gasteiger partial charge in [-0.3, -0.25) is 9.18 Å². The Balaban J connectivity index is 1.31. The van der Waals surface area contributed by atoms with Crippen molar-refractivity contribution >= 4 is 34.0 Å². The van der Waals surface area contributed by atoms with Gasteiger partial charge in [-0.15, -0.1) is 11.3 Å². The van der Waals surface area contributed by atoms with Crippen LogP contribution in [0.3, 0.4) is 0 Å². The highest BCUT2D eigenvalue weighted by Gasteiger charge is 2.47. The average molecular weight is 478 g/mol. The van der Waals surface area contributed by atoms with Crippen molar-refractivity contribution in [1.82, 2.24) is 29.6 Å². The molecule has 2 N–H and O–H groups in total. The van der Waals surface area contributed by atoms with Crippen LogP contribution in [0.4, 0.5) is 16.0 Å². The Kier molecular flexibility index (Phi) is 4.44. The summed E-state index contributed by atoms with van der Waals surface area (Å²) in [4.78, 5) is 27.2. The summed E-state index contributed by atoms with van der Waals surface area (Å²) in [5, 5.41) is 9.75. The lowest BCUT2D eigenvalue weighted by molar-refractivity contribution is 0.412. The first-order chi connectivity index (χ1) is 16.6. The molecule has 8 nitrogen and oxygen atoms in total. The van der Waals surface area contributed by atoms with E-state index in [1.54, 1.807) is 10.9 Å². The average Bonchev–Trinajstić information content (AvgIpc) is 3.79. The molecule has 0 amide bonds. The predicted octanol–water partition coefficient (Wildman–Crippen LogP) is 3.76. The van der Waals surface area contributed by atoms with E-state index >= 15 is 0 Å². The predicted molar refractivity (Wildman–Crippen MR) is 129 cm³/mol. The maximum absolute atomic E-state index is 13.6. The van der Waals surface area contributed by atoms with E-state index in [0.717, 1.165) is 56.6 Å². The highest BCUT2D eigenvalue weighted by atomic mass is 32.1. The number of anilines is 2. The van der Waals surface area contributed by atoms with Crippen LogP contribution in [-0.2, 0) is 18.4 Å². The normalized spacial score (nSPS) is 18.7. The lowest BCUT2D eigenvalue weighted by Gasteiger charge is -2.18. The zero-order valence-corrected chi connectivity index (χ0v) is 19.4. The molecule has 174 valence electrons. The Morgan fingerprint density at radius 1 is 1.24 bits per heavy atom. The Labute approximate surface area is 198 Å². The van der Waals surface area contributed by atoms with Gasteiger partial charge in [0.05, 0.1) is 11.7 Å². The number of halogens is 1. The van der Waals surface area contributed by atoms with Crippen LogP contribution in [0, 0.1) is 0 Å². The lowest BCUT2D eigenvalue weighted by atomic mass is 10.0. The van der Waals surface area contributed by atoms with Gasteiger partial charge in [-0.25, -0.2) is 19.3 Å². The molecular formula is C24H24FN7OS. The molecule has 1 aliphatic heterocycles. The number of nitrogens with one attached hydrogen (secondary N) is 2. The second kappa shape index (κ2) is 7.44. The molecule has 34 heavy (non-hydrogen) atoms. The Morgan fingerprint density at radius 2 is 2.12 bits per heavy atom. The van der Waals surface area contributed by atoms with Crippen molar-refractivity contribution in [2.45, 2.75) is 50.1 Å². The van der Waals surface area contributed by atoms with Crippen molar-refractivity contribution in [3.05, 3.63) is 57.0 Å². The number of alkyl halides is 1. The number of hydrogen-bond acceptors (Lipinski definition) is 7. The quantitative estimate of drug-likeness (QED) is 0.440. The van der Waals surface area contributed by atoms with Crippen LogP contribution in [0.2, 0.25) is 0 Å². The fourth-order valence-electron chi connectivity index (χ4n) is 4.79. The van der Waals surface area contributed by atoms with Gasteiger partial charge >= 0.3 is 0 Å². The Hall–Kier alpha value is -3.11. The largest absolute Gasteiger partial charge is 0.324 e. The van der Waals surface area contributed by atoms with Crippen LogP contribution >= 0.6 is 11.3 Å². The number of benzene rings is 1. The maximum Gasteiger partial charge on any atom is 0.278 e. The number of rotatable bonds is 6. The highest BCUT2D eigenvalue weighted by Crippen LogP contribution is 2.49. The fraction of sp³-hybridized carbons (Fsp3) is 0.417. The van der Waals surface area contributed by atoms with Crippen LogP contribution in [0.5, 0.6) is 0 Å². The van der Waals surface area contributed by atoms with E-state index in [1.165, 1.54) is 22.5 Å². The monoisotopic (exact) mass is 477 g/mol. The van der Waals surface area contributed by atoms with Crippen molar-refractivity contribution in [2.24, 2.45) is 0 Å². The van der Waals surface area contributed by atoms with Crippen LogP contribution in [0.25, 0.3) is 16.2 Å². The molecule has 2 aliphatic carbocycles. The van der Waals surface area contributed by atoms with E-state index in [-0.39, 0.29) is 11.6 Å². The van der Waals surface area contributed by atoms with E-state index in [0.29, 0.717) is 22.1 Å². The minimum Gasteiger partial charge on any atom is -0.324 e. The van der Waals surface area contributed by atoms with Gasteiger partial charge in [0.1, 0.15) is 12.1 Å². The summed E-state index contributed by atoms with van der Waals surface area (Å²) < 4.78 is 17.2. The van der Waals surface area contributed by atoms with Crippen LogP contribution < -0.4 is 16.2 Å². The number of thiazole rings is 1. The van der Waals surface area contributed by atoms with Crippen molar-refractivity contribution in [3.63, 3.8) is 0 Å². The number of nitrogens with zero attached hydrogens (tertiary/aromatic N) is 5. The van der Waals surface area contributed by atoms with Gasteiger partial charge in [-0.05, 0) is 61.9 Å². The van der Waals surface area contributed by atoms with E-state index in [1.807, 2.05) is 16.1 Å². The minimum absolute atomic E-state index is 0.104. The van der Waals surface area contributed by atoms with E-state index < -0.39 is 12.1 Å². The molecule has 4 aromatic rings. The van der Waals surface area contributed by atoms with Crippen molar-refractivity contribution in [3.8, 4) is 5.13 Å². The fourth-order valence-corrected chi connectivity index (χ4v) is 5.74. The molecule has 0 bridgehead atoms. The third-order valence-electron chi connectivity index (χ3n) is 7.19. The molecule has 7 rings (SSSR count). The summed E-state index contributed by atoms with van der Waals surface area (Å²) >= 11 is 1.44. The maximum atomic E-state index is 13.6. The second-order valence-electron chi connectivity index (χ2n) is 9.59. The molecule has 3 aromatic heterocycles. The Morgan fingerprint density at radius 3 is 2.91 bits per heavy atom. The van der Waals surface area contributed by atoms with Gasteiger partial charge in [0.2, 0.25) is 11.1 Å². The van der Waals surface area contributed by atoms with Crippen molar-refractivity contribution < 1.29 is 4.39 Å². The molecule has 0 atom stereocenters. The van der Waals surface area contributed by atoms with E-state index in [2.05, 4.69) is 27.8 Å². The van der Waals surface area contributed by atoms with Gasteiger partial charge in [0.15, 0.2) is 5.65 Å². The van der Waals surface area contributed by atoms with E-state index in [4.69, 9.17) is 9.97 Å². The second-order valence-corrected chi connectivity index (χ2v) is 10.4. The van der Waals surface area contributed by atoms with Crippen molar-refractivity contribution in [2.75, 3.05) is 18.5 Å². The molecular weight excluding hydrogens is 453 g/mol. The molecule has 4 heterocycles. The summed E-state index contributed by atoms with van der Waals surface area (Å²) in [6, 6.07) is 6.44. The third kappa shape index (κ3) is 3.19. The number of fused-ring (bicyclic) bond motifs is 2. The summed E-state index contributed by atoms with van der Waals surface area (Å²) in [6.07, 6.45) is 6.16. The molecule has 1 aromatic carbocycles. The number of hydrogen-bond donors (Lipinski definition) is 2. The standard InChI is InChI=1S/C24H24FN7OS/c25-13-24(6-7-24)19-12-34-23(29-19)32-20-18(21(33)31(32)17-3-4-17)11-27-22(30-20)28-16-2-1-14-5-8-26-10-15(14)9-16/h1-2,9,11-12,17,26H,3-8,10,13H2,(H,27,28,30). The van der Waals surface area contributed by atoms with E-state index in [9.17, 15) is 9.18 Å². The minimum atomic E-state index is -0.439. The van der Waals surface area contributed by atoms with Crippen LogP contribution in [0.15, 0.2) is 34.6 Å². The SMILES string of the molecule is O=c1c2cnc(Nc3ccc4c(c3)CNCC4)nc2n(-c2nc(C3(CF)CC3)cs2)n1C1CC1. The molecule has 0 spiro atoms. The first-order valence-corrected chi connectivity index (χ1v) is 12.7. The summed E-state index contributed by atoms with van der Waals surface area (Å²) in [6.45, 7) is 1.45. The van der Waals surface area contributed by atoms with Gasteiger partial charge in [-0.1, -0.05) is 6.07 Å². The zero-order chi connectivity index (χ0) is 22.9.